The molecule has 6 nitrogen and oxygen atoms in total. The summed E-state index contributed by atoms with van der Waals surface area (Å²) in [7, 11) is -5.12. The molecule has 4 rings (SSSR count). The SMILES string of the molecule is CC(F)(F)CC[C@@H]1CN(c2ccccc2)c2cc(C(F)(F)F)c(OCC3(C(=O)O)CC(F)(F)C3)cc2S(=O)(=O)[C@@H]1F. The summed E-state index contributed by atoms with van der Waals surface area (Å²) in [6, 6.07) is 8.13. The average molecular weight is 616 g/mol. The first-order chi connectivity index (χ1) is 18.8. The van der Waals surface area contributed by atoms with E-state index >= 15 is 4.39 Å². The van der Waals surface area contributed by atoms with Crippen LogP contribution < -0.4 is 9.64 Å². The number of halogens is 8. The minimum absolute atomic E-state index is 0.148. The molecule has 2 aliphatic rings. The van der Waals surface area contributed by atoms with Gasteiger partial charge in [-0.25, -0.2) is 30.4 Å². The molecule has 0 unspecified atom stereocenters. The Morgan fingerprint density at radius 1 is 1.10 bits per heavy atom. The van der Waals surface area contributed by atoms with E-state index in [-0.39, 0.29) is 5.69 Å². The number of carboxylic acids is 1. The molecular formula is C26H25F8NO5S. The van der Waals surface area contributed by atoms with Gasteiger partial charge < -0.3 is 14.7 Å². The van der Waals surface area contributed by atoms with E-state index in [0.29, 0.717) is 19.1 Å². The summed E-state index contributed by atoms with van der Waals surface area (Å²) >= 11 is 0. The maximum Gasteiger partial charge on any atom is 0.420 e. The number of alkyl halides is 8. The van der Waals surface area contributed by atoms with Gasteiger partial charge in [0.2, 0.25) is 21.3 Å². The fraction of sp³-hybridized carbons (Fsp3) is 0.500. The third-order valence-corrected chi connectivity index (χ3v) is 9.14. The monoisotopic (exact) mass is 615 g/mol. The van der Waals surface area contributed by atoms with E-state index in [4.69, 9.17) is 4.74 Å². The lowest BCUT2D eigenvalue weighted by Crippen LogP contribution is -2.54. The molecule has 1 aliphatic carbocycles. The number of hydrogen-bond donors (Lipinski definition) is 1. The molecule has 1 heterocycles. The molecule has 2 aromatic carbocycles. The number of hydrogen-bond acceptors (Lipinski definition) is 5. The molecule has 15 heteroatoms. The van der Waals surface area contributed by atoms with E-state index in [9.17, 15) is 49.1 Å². The van der Waals surface area contributed by atoms with Crippen LogP contribution in [0.15, 0.2) is 47.4 Å². The highest BCUT2D eigenvalue weighted by atomic mass is 32.2. The van der Waals surface area contributed by atoms with Crippen LogP contribution in [0.25, 0.3) is 0 Å². The van der Waals surface area contributed by atoms with E-state index in [2.05, 4.69) is 0 Å². The van der Waals surface area contributed by atoms with Gasteiger partial charge in [0.15, 0.2) is 0 Å². The first-order valence-electron chi connectivity index (χ1n) is 12.3. The van der Waals surface area contributed by atoms with Crippen molar-refractivity contribution in [2.24, 2.45) is 11.3 Å². The lowest BCUT2D eigenvalue weighted by Gasteiger charge is -2.43. The second kappa shape index (κ2) is 10.3. The Kier molecular flexibility index (Phi) is 7.76. The maximum atomic E-state index is 15.6. The van der Waals surface area contributed by atoms with E-state index in [1.165, 1.54) is 24.3 Å². The molecule has 1 N–H and O–H groups in total. The van der Waals surface area contributed by atoms with Crippen molar-refractivity contribution < 1.29 is 58.2 Å². The summed E-state index contributed by atoms with van der Waals surface area (Å²) in [5.74, 6) is -11.2. The summed E-state index contributed by atoms with van der Waals surface area (Å²) < 4.78 is 144. The smallest absolute Gasteiger partial charge is 0.420 e. The number of anilines is 2. The third-order valence-electron chi connectivity index (χ3n) is 7.22. The minimum Gasteiger partial charge on any atom is -0.492 e. The highest BCUT2D eigenvalue weighted by Gasteiger charge is 2.62. The second-order valence-electron chi connectivity index (χ2n) is 10.6. The normalized spacial score (nSPS) is 23.2. The molecule has 0 aromatic heterocycles. The summed E-state index contributed by atoms with van der Waals surface area (Å²) in [6.07, 6.45) is -9.14. The summed E-state index contributed by atoms with van der Waals surface area (Å²) in [6.45, 7) is -1.14. The highest BCUT2D eigenvalue weighted by Crippen LogP contribution is 2.53. The van der Waals surface area contributed by atoms with Crippen molar-refractivity contribution in [3.05, 3.63) is 48.0 Å². The largest absolute Gasteiger partial charge is 0.492 e. The van der Waals surface area contributed by atoms with Gasteiger partial charge in [-0.1, -0.05) is 18.2 Å². The van der Waals surface area contributed by atoms with Crippen LogP contribution in [-0.2, 0) is 20.8 Å². The molecular weight excluding hydrogens is 590 g/mol. The molecule has 0 amide bonds. The highest BCUT2D eigenvalue weighted by molar-refractivity contribution is 7.92. The van der Waals surface area contributed by atoms with Crippen LogP contribution in [-0.4, -0.2) is 50.0 Å². The standard InChI is InChI=1S/C26H25F8NO5S/c1-23(28,29)8-7-15-11-35(16-5-3-2-4-6-16)18-9-17(26(32,33)34)19(10-20(18)41(38,39)21(15)27)40-14-24(22(36)37)12-25(30,31)13-24/h2-6,9-10,15,21H,7-8,11-14H2,1H3,(H,36,37)/t15-,21+/m1/s1. The van der Waals surface area contributed by atoms with E-state index in [1.54, 1.807) is 6.07 Å². The number of carbonyl (C=O) groups is 1. The Bertz CT molecular complexity index is 1400. The van der Waals surface area contributed by atoms with Crippen LogP contribution in [0, 0.1) is 11.3 Å². The number of ether oxygens (including phenoxy) is 1. The zero-order chi connectivity index (χ0) is 30.6. The van der Waals surface area contributed by atoms with Crippen molar-refractivity contribution in [3.8, 4) is 5.75 Å². The van der Waals surface area contributed by atoms with Gasteiger partial charge >= 0.3 is 12.1 Å². The molecule has 2 aromatic rings. The van der Waals surface area contributed by atoms with Crippen LogP contribution in [0.1, 0.15) is 38.2 Å². The summed E-state index contributed by atoms with van der Waals surface area (Å²) in [5.41, 5.74) is -7.04. The Labute approximate surface area is 229 Å². The molecule has 0 radical (unpaired) electrons. The van der Waals surface area contributed by atoms with Gasteiger partial charge in [0.1, 0.15) is 17.8 Å². The van der Waals surface area contributed by atoms with Gasteiger partial charge in [-0.3, -0.25) is 4.79 Å². The van der Waals surface area contributed by atoms with Gasteiger partial charge in [-0.2, -0.15) is 13.2 Å². The number of benzene rings is 2. The van der Waals surface area contributed by atoms with Crippen LogP contribution >= 0.6 is 0 Å². The number of carboxylic acid groups (broad SMARTS) is 1. The topological polar surface area (TPSA) is 83.9 Å². The third kappa shape index (κ3) is 6.24. The lowest BCUT2D eigenvalue weighted by atomic mass is 9.66. The molecule has 226 valence electrons. The molecule has 0 saturated heterocycles. The Hall–Kier alpha value is -3.10. The van der Waals surface area contributed by atoms with Gasteiger partial charge in [0, 0.05) is 43.5 Å². The van der Waals surface area contributed by atoms with Gasteiger partial charge in [-0.15, -0.1) is 0 Å². The molecule has 1 fully saturated rings. The zero-order valence-corrected chi connectivity index (χ0v) is 22.2. The van der Waals surface area contributed by atoms with E-state index in [1.807, 2.05) is 0 Å². The van der Waals surface area contributed by atoms with Crippen LogP contribution in [0.5, 0.6) is 5.75 Å². The number of rotatable bonds is 8. The zero-order valence-electron chi connectivity index (χ0n) is 21.4. The van der Waals surface area contributed by atoms with Crippen molar-refractivity contribution in [2.75, 3.05) is 18.1 Å². The van der Waals surface area contributed by atoms with Crippen molar-refractivity contribution in [1.29, 1.82) is 0 Å². The van der Waals surface area contributed by atoms with Crippen LogP contribution in [0.2, 0.25) is 0 Å². The quantitative estimate of drug-likeness (QED) is 0.327. The number of fused-ring (bicyclic) bond motifs is 1. The average Bonchev–Trinajstić information content (AvgIpc) is 2.91. The first-order valence-corrected chi connectivity index (χ1v) is 13.9. The second-order valence-corrected chi connectivity index (χ2v) is 12.6. The van der Waals surface area contributed by atoms with Gasteiger partial charge in [0.25, 0.3) is 5.92 Å². The molecule has 1 aliphatic heterocycles. The van der Waals surface area contributed by atoms with Crippen LogP contribution in [0.4, 0.5) is 46.5 Å². The molecule has 41 heavy (non-hydrogen) atoms. The number of para-hydroxylation sites is 1. The summed E-state index contributed by atoms with van der Waals surface area (Å²) in [5, 5.41) is 9.43. The minimum atomic E-state index is -5.21. The van der Waals surface area contributed by atoms with Crippen molar-refractivity contribution in [1.82, 2.24) is 0 Å². The van der Waals surface area contributed by atoms with Crippen molar-refractivity contribution in [3.63, 3.8) is 0 Å². The molecule has 0 spiro atoms. The lowest BCUT2D eigenvalue weighted by molar-refractivity contribution is -0.200. The molecule has 2 atom stereocenters. The molecule has 0 bridgehead atoms. The van der Waals surface area contributed by atoms with Gasteiger partial charge in [-0.05, 0) is 31.5 Å². The fourth-order valence-electron chi connectivity index (χ4n) is 5.10. The number of nitrogens with zero attached hydrogens (tertiary/aromatic N) is 1. The summed E-state index contributed by atoms with van der Waals surface area (Å²) in [4.78, 5) is 11.8. The van der Waals surface area contributed by atoms with Crippen LogP contribution in [0.3, 0.4) is 0 Å². The fourth-order valence-corrected chi connectivity index (χ4v) is 6.81. The first kappa shape index (κ1) is 30.8. The van der Waals surface area contributed by atoms with Crippen molar-refractivity contribution >= 4 is 27.2 Å². The predicted octanol–water partition coefficient (Wildman–Crippen LogP) is 6.86. The Balaban J connectivity index is 1.86. The van der Waals surface area contributed by atoms with E-state index < -0.39 is 111 Å². The number of aliphatic carboxylic acids is 1. The predicted molar refractivity (Wildman–Crippen MR) is 130 cm³/mol. The van der Waals surface area contributed by atoms with Crippen molar-refractivity contribution in [2.45, 2.75) is 61.0 Å². The maximum absolute atomic E-state index is 15.6. The number of sulfone groups is 1. The Morgan fingerprint density at radius 2 is 1.71 bits per heavy atom. The molecule has 1 saturated carbocycles. The Morgan fingerprint density at radius 3 is 2.22 bits per heavy atom. The van der Waals surface area contributed by atoms with E-state index in [0.717, 1.165) is 4.90 Å². The van der Waals surface area contributed by atoms with Gasteiger partial charge in [0.05, 0.1) is 16.1 Å².